The number of aromatic nitrogens is 4. The predicted molar refractivity (Wildman–Crippen MR) is 63.4 cm³/mol. The maximum absolute atomic E-state index is 11.8. The Morgan fingerprint density at radius 1 is 1.00 bits per heavy atom. The first-order chi connectivity index (χ1) is 8.34. The molecule has 0 aromatic carbocycles. The Morgan fingerprint density at radius 3 is 2.71 bits per heavy atom. The zero-order chi connectivity index (χ0) is 11.7. The Morgan fingerprint density at radius 2 is 1.88 bits per heavy atom. The van der Waals surface area contributed by atoms with Crippen molar-refractivity contribution in [2.24, 2.45) is 0 Å². The third-order valence-corrected chi connectivity index (χ3v) is 2.39. The zero-order valence-corrected chi connectivity index (χ0v) is 8.79. The highest BCUT2D eigenvalue weighted by Crippen LogP contribution is 2.11. The summed E-state index contributed by atoms with van der Waals surface area (Å²) in [6, 6.07) is 8.83. The van der Waals surface area contributed by atoms with E-state index in [-0.39, 0.29) is 5.56 Å². The summed E-state index contributed by atoms with van der Waals surface area (Å²) in [6.45, 7) is 0. The Hall–Kier alpha value is -2.56. The summed E-state index contributed by atoms with van der Waals surface area (Å²) in [4.78, 5) is 27.0. The average Bonchev–Trinajstić information content (AvgIpc) is 2.40. The molecule has 17 heavy (non-hydrogen) atoms. The first-order valence-corrected chi connectivity index (χ1v) is 5.11. The van der Waals surface area contributed by atoms with Crippen molar-refractivity contribution >= 4 is 11.0 Å². The van der Waals surface area contributed by atoms with Crippen molar-refractivity contribution in [1.29, 1.82) is 0 Å². The lowest BCUT2D eigenvalue weighted by Gasteiger charge is -2.00. The molecule has 0 fully saturated rings. The monoisotopic (exact) mass is 224 g/mol. The molecule has 0 saturated carbocycles. The van der Waals surface area contributed by atoms with E-state index in [4.69, 9.17) is 0 Å². The van der Waals surface area contributed by atoms with E-state index in [2.05, 4.69) is 19.9 Å². The first kappa shape index (κ1) is 9.65. The molecule has 3 aromatic heterocycles. The summed E-state index contributed by atoms with van der Waals surface area (Å²) in [6.07, 6.45) is 3.26. The van der Waals surface area contributed by atoms with Crippen molar-refractivity contribution in [3.63, 3.8) is 0 Å². The Bertz CT molecular complexity index is 721. The highest BCUT2D eigenvalue weighted by Gasteiger charge is 2.06. The van der Waals surface area contributed by atoms with Gasteiger partial charge in [0.05, 0.1) is 5.39 Å². The minimum Gasteiger partial charge on any atom is -0.305 e. The molecule has 5 nitrogen and oxygen atoms in total. The quantitative estimate of drug-likeness (QED) is 0.677. The molecule has 82 valence electrons. The largest absolute Gasteiger partial charge is 0.305 e. The summed E-state index contributed by atoms with van der Waals surface area (Å²) < 4.78 is 0. The molecule has 3 heterocycles. The van der Waals surface area contributed by atoms with E-state index in [1.54, 1.807) is 36.7 Å². The van der Waals surface area contributed by atoms with Crippen LogP contribution in [0.5, 0.6) is 0 Å². The van der Waals surface area contributed by atoms with E-state index in [0.29, 0.717) is 22.6 Å². The number of rotatable bonds is 1. The summed E-state index contributed by atoms with van der Waals surface area (Å²) >= 11 is 0. The second kappa shape index (κ2) is 3.79. The fraction of sp³-hybridized carbons (Fsp3) is 0. The number of hydrogen-bond acceptors (Lipinski definition) is 4. The van der Waals surface area contributed by atoms with Crippen molar-refractivity contribution in [2.75, 3.05) is 0 Å². The van der Waals surface area contributed by atoms with Crippen LogP contribution in [-0.2, 0) is 0 Å². The number of nitrogens with one attached hydrogen (secondary N) is 1. The molecular formula is C12H8N4O. The molecule has 0 aliphatic heterocycles. The number of fused-ring (bicyclic) bond motifs is 1. The molecule has 0 aliphatic carbocycles. The number of hydrogen-bond donors (Lipinski definition) is 1. The molecule has 0 bridgehead atoms. The van der Waals surface area contributed by atoms with Gasteiger partial charge >= 0.3 is 0 Å². The van der Waals surface area contributed by atoms with Crippen LogP contribution >= 0.6 is 0 Å². The summed E-state index contributed by atoms with van der Waals surface area (Å²) in [7, 11) is 0. The molecule has 5 heteroatoms. The Balaban J connectivity index is 2.30. The molecule has 0 aliphatic rings. The number of aromatic amines is 1. The summed E-state index contributed by atoms with van der Waals surface area (Å²) in [5, 5.41) is 0.479. The van der Waals surface area contributed by atoms with Gasteiger partial charge in [0.1, 0.15) is 5.69 Å². The van der Waals surface area contributed by atoms with E-state index in [0.717, 1.165) is 0 Å². The normalized spacial score (nSPS) is 10.6. The first-order valence-electron chi connectivity index (χ1n) is 5.11. The fourth-order valence-corrected chi connectivity index (χ4v) is 1.60. The van der Waals surface area contributed by atoms with Gasteiger partial charge < -0.3 is 4.98 Å². The molecule has 1 N–H and O–H groups in total. The molecule has 3 rings (SSSR count). The molecule has 0 amide bonds. The lowest BCUT2D eigenvalue weighted by Crippen LogP contribution is -2.10. The minimum atomic E-state index is -0.205. The SMILES string of the molecule is O=c1[nH]c(-c2ccccn2)nc2ncccc12. The van der Waals surface area contributed by atoms with E-state index in [9.17, 15) is 4.79 Å². The van der Waals surface area contributed by atoms with E-state index in [1.165, 1.54) is 0 Å². The molecule has 3 aromatic rings. The van der Waals surface area contributed by atoms with Gasteiger partial charge in [-0.05, 0) is 24.3 Å². The second-order valence-corrected chi connectivity index (χ2v) is 3.50. The van der Waals surface area contributed by atoms with Crippen LogP contribution in [0.4, 0.5) is 0 Å². The number of pyridine rings is 2. The maximum Gasteiger partial charge on any atom is 0.260 e. The van der Waals surface area contributed by atoms with Crippen LogP contribution < -0.4 is 5.56 Å². The van der Waals surface area contributed by atoms with Crippen molar-refractivity contribution in [1.82, 2.24) is 19.9 Å². The third kappa shape index (κ3) is 1.67. The topological polar surface area (TPSA) is 71.5 Å². The van der Waals surface area contributed by atoms with Gasteiger partial charge in [0.15, 0.2) is 11.5 Å². The smallest absolute Gasteiger partial charge is 0.260 e. The Labute approximate surface area is 96.2 Å². The average molecular weight is 224 g/mol. The van der Waals surface area contributed by atoms with Crippen LogP contribution in [0.25, 0.3) is 22.6 Å². The lowest BCUT2D eigenvalue weighted by molar-refractivity contribution is 1.12. The van der Waals surface area contributed by atoms with Crippen LogP contribution in [0.15, 0.2) is 47.5 Å². The highest BCUT2D eigenvalue weighted by molar-refractivity contribution is 5.74. The van der Waals surface area contributed by atoms with Gasteiger partial charge in [-0.2, -0.15) is 0 Å². The lowest BCUT2D eigenvalue weighted by atomic mass is 10.3. The van der Waals surface area contributed by atoms with Gasteiger partial charge in [0.25, 0.3) is 5.56 Å². The molecule has 0 radical (unpaired) electrons. The fourth-order valence-electron chi connectivity index (χ4n) is 1.60. The van der Waals surface area contributed by atoms with Crippen LogP contribution in [0.3, 0.4) is 0 Å². The molecule has 0 unspecified atom stereocenters. The van der Waals surface area contributed by atoms with Crippen molar-refractivity contribution in [3.05, 3.63) is 53.1 Å². The van der Waals surface area contributed by atoms with Crippen molar-refractivity contribution < 1.29 is 0 Å². The minimum absolute atomic E-state index is 0.205. The second-order valence-electron chi connectivity index (χ2n) is 3.50. The molecule has 0 atom stereocenters. The van der Waals surface area contributed by atoms with Crippen LogP contribution in [0.2, 0.25) is 0 Å². The molecule has 0 saturated heterocycles. The maximum atomic E-state index is 11.8. The van der Waals surface area contributed by atoms with E-state index in [1.807, 2.05) is 6.07 Å². The van der Waals surface area contributed by atoms with Gasteiger partial charge in [-0.3, -0.25) is 9.78 Å². The van der Waals surface area contributed by atoms with E-state index < -0.39 is 0 Å². The predicted octanol–water partition coefficient (Wildman–Crippen LogP) is 1.38. The van der Waals surface area contributed by atoms with Crippen LogP contribution in [-0.4, -0.2) is 19.9 Å². The van der Waals surface area contributed by atoms with Crippen molar-refractivity contribution in [2.45, 2.75) is 0 Å². The highest BCUT2D eigenvalue weighted by atomic mass is 16.1. The van der Waals surface area contributed by atoms with Gasteiger partial charge in [0, 0.05) is 12.4 Å². The van der Waals surface area contributed by atoms with Crippen LogP contribution in [0.1, 0.15) is 0 Å². The van der Waals surface area contributed by atoms with Gasteiger partial charge in [-0.15, -0.1) is 0 Å². The standard InChI is InChI=1S/C12H8N4O/c17-12-8-4-3-7-14-10(8)15-11(16-12)9-5-1-2-6-13-9/h1-7H,(H,14,15,16,17). The van der Waals surface area contributed by atoms with Gasteiger partial charge in [-0.1, -0.05) is 6.07 Å². The summed E-state index contributed by atoms with van der Waals surface area (Å²) in [5.41, 5.74) is 0.845. The Kier molecular flexibility index (Phi) is 2.15. The summed E-state index contributed by atoms with van der Waals surface area (Å²) in [5.74, 6) is 0.432. The third-order valence-electron chi connectivity index (χ3n) is 2.39. The molecule has 0 spiro atoms. The molecular weight excluding hydrogens is 216 g/mol. The van der Waals surface area contributed by atoms with Crippen LogP contribution in [0, 0.1) is 0 Å². The van der Waals surface area contributed by atoms with E-state index >= 15 is 0 Å². The van der Waals surface area contributed by atoms with Gasteiger partial charge in [-0.25, -0.2) is 9.97 Å². The number of nitrogens with zero attached hydrogens (tertiary/aromatic N) is 3. The zero-order valence-electron chi connectivity index (χ0n) is 8.79. The number of H-pyrrole nitrogens is 1. The van der Waals surface area contributed by atoms with Gasteiger partial charge in [0.2, 0.25) is 0 Å². The van der Waals surface area contributed by atoms with Crippen molar-refractivity contribution in [3.8, 4) is 11.5 Å².